The van der Waals surface area contributed by atoms with Crippen LogP contribution < -0.4 is 15.4 Å². The lowest BCUT2D eigenvalue weighted by Gasteiger charge is -2.44. The number of ether oxygens (including phenoxy) is 1. The smallest absolute Gasteiger partial charge is 0.251 e. The van der Waals surface area contributed by atoms with Crippen LogP contribution in [0, 0.1) is 17.7 Å². The van der Waals surface area contributed by atoms with E-state index in [1.54, 1.807) is 18.2 Å². The molecule has 2 N–H and O–H groups in total. The molecule has 2 aliphatic rings. The minimum atomic E-state index is -1.20. The Bertz CT molecular complexity index is 1680. The highest BCUT2D eigenvalue weighted by atomic mass is 19.1. The second-order valence-corrected chi connectivity index (χ2v) is 12.5. The fourth-order valence-electron chi connectivity index (χ4n) is 6.59. The highest BCUT2D eigenvalue weighted by Gasteiger charge is 2.49. The Morgan fingerprint density at radius 2 is 1.52 bits per heavy atom. The van der Waals surface area contributed by atoms with Crippen LogP contribution in [-0.2, 0) is 33.8 Å². The number of hydrogen-bond acceptors (Lipinski definition) is 4. The van der Waals surface area contributed by atoms with E-state index < -0.39 is 29.8 Å². The maximum absolute atomic E-state index is 14.6. The first-order chi connectivity index (χ1) is 22.3. The Kier molecular flexibility index (Phi) is 9.15. The monoisotopic (exact) mass is 619 g/mol. The van der Waals surface area contributed by atoms with E-state index in [0.29, 0.717) is 42.9 Å². The average molecular weight is 620 g/mol. The molecule has 1 heterocycles. The van der Waals surface area contributed by atoms with Crippen molar-refractivity contribution < 1.29 is 23.5 Å². The van der Waals surface area contributed by atoms with Gasteiger partial charge in [-0.15, -0.1) is 0 Å². The maximum atomic E-state index is 14.6. The van der Waals surface area contributed by atoms with Gasteiger partial charge >= 0.3 is 0 Å². The Morgan fingerprint density at radius 1 is 0.891 bits per heavy atom. The largest absolute Gasteiger partial charge is 0.487 e. The van der Waals surface area contributed by atoms with Gasteiger partial charge in [0.05, 0.1) is 5.69 Å². The van der Waals surface area contributed by atoms with E-state index in [1.165, 1.54) is 29.2 Å². The van der Waals surface area contributed by atoms with Crippen LogP contribution in [0.1, 0.15) is 48.6 Å². The van der Waals surface area contributed by atoms with Crippen LogP contribution in [0.5, 0.6) is 5.75 Å². The predicted molar refractivity (Wildman–Crippen MR) is 174 cm³/mol. The molecule has 6 rings (SSSR count). The molecule has 0 saturated carbocycles. The molecule has 1 aliphatic carbocycles. The summed E-state index contributed by atoms with van der Waals surface area (Å²) in [6.07, 6.45) is 1.65. The maximum Gasteiger partial charge on any atom is 0.251 e. The third-order valence-electron chi connectivity index (χ3n) is 8.80. The van der Waals surface area contributed by atoms with Crippen LogP contribution in [0.25, 0.3) is 0 Å². The summed E-state index contributed by atoms with van der Waals surface area (Å²) in [6, 6.07) is 27.5. The lowest BCUT2D eigenvalue weighted by Crippen LogP contribution is -2.67. The van der Waals surface area contributed by atoms with E-state index >= 15 is 0 Å². The number of carbonyl (C=O) groups is 3. The molecular weight excluding hydrogens is 581 g/mol. The predicted octanol–water partition coefficient (Wildman–Crippen LogP) is 6.24. The molecule has 1 fully saturated rings. The van der Waals surface area contributed by atoms with Gasteiger partial charge < -0.3 is 20.3 Å². The minimum absolute atomic E-state index is 0.0578. The fraction of sp³-hybridized carbons (Fsp3) is 0.289. The van der Waals surface area contributed by atoms with E-state index in [4.69, 9.17) is 4.74 Å². The van der Waals surface area contributed by atoms with Crippen molar-refractivity contribution in [2.24, 2.45) is 11.8 Å². The second-order valence-electron chi connectivity index (χ2n) is 12.5. The molecule has 1 unspecified atom stereocenters. The van der Waals surface area contributed by atoms with Gasteiger partial charge in [0.15, 0.2) is 0 Å². The summed E-state index contributed by atoms with van der Waals surface area (Å²) < 4.78 is 20.2. The van der Waals surface area contributed by atoms with Gasteiger partial charge in [-0.3, -0.25) is 14.4 Å². The number of halogens is 1. The van der Waals surface area contributed by atoms with E-state index in [9.17, 15) is 18.8 Å². The van der Waals surface area contributed by atoms with Crippen LogP contribution >= 0.6 is 0 Å². The molecule has 8 heteroatoms. The molecule has 236 valence electrons. The molecule has 4 aromatic carbocycles. The summed E-state index contributed by atoms with van der Waals surface area (Å²) in [4.78, 5) is 44.3. The number of piperazine rings is 1. The third kappa shape index (κ3) is 6.66. The number of nitrogens with zero attached hydrogens (tertiary/aromatic N) is 1. The van der Waals surface area contributed by atoms with E-state index in [2.05, 4.69) is 22.8 Å². The van der Waals surface area contributed by atoms with Crippen molar-refractivity contribution >= 4 is 23.4 Å². The summed E-state index contributed by atoms with van der Waals surface area (Å²) >= 11 is 0. The number of benzene rings is 4. The van der Waals surface area contributed by atoms with Gasteiger partial charge in [-0.05, 0) is 77.6 Å². The lowest BCUT2D eigenvalue weighted by atomic mass is 9.88. The zero-order valence-corrected chi connectivity index (χ0v) is 26.0. The van der Waals surface area contributed by atoms with Crippen LogP contribution in [0.15, 0.2) is 103 Å². The summed E-state index contributed by atoms with van der Waals surface area (Å²) in [7, 11) is 0. The molecular formula is C38H38FN3O4. The van der Waals surface area contributed by atoms with Crippen molar-refractivity contribution in [2.75, 3.05) is 5.32 Å². The Morgan fingerprint density at radius 3 is 2.20 bits per heavy atom. The molecule has 0 aromatic heterocycles. The summed E-state index contributed by atoms with van der Waals surface area (Å²) in [6.45, 7) is 4.24. The minimum Gasteiger partial charge on any atom is -0.487 e. The number of amides is 3. The summed E-state index contributed by atoms with van der Waals surface area (Å²) in [5, 5.41) is 6.01. The third-order valence-corrected chi connectivity index (χ3v) is 8.80. The average Bonchev–Trinajstić information content (AvgIpc) is 3.49. The molecule has 7 nitrogen and oxygen atoms in total. The molecule has 3 atom stereocenters. The molecule has 0 spiro atoms. The molecule has 1 saturated heterocycles. The quantitative estimate of drug-likeness (QED) is 0.220. The Hall–Kier alpha value is -4.98. The number of fused-ring (bicyclic) bond motifs is 1. The lowest BCUT2D eigenvalue weighted by molar-refractivity contribution is -0.157. The first-order valence-electron chi connectivity index (χ1n) is 15.8. The Labute approximate surface area is 268 Å². The number of rotatable bonds is 10. The molecule has 46 heavy (non-hydrogen) atoms. The van der Waals surface area contributed by atoms with Gasteiger partial charge in [-0.2, -0.15) is 0 Å². The van der Waals surface area contributed by atoms with E-state index in [0.717, 1.165) is 16.7 Å². The normalized spacial score (nSPS) is 18.7. The fourth-order valence-corrected chi connectivity index (χ4v) is 6.59. The first-order valence-corrected chi connectivity index (χ1v) is 15.8. The number of carbonyl (C=O) groups excluding carboxylic acids is 3. The van der Waals surface area contributed by atoms with Crippen molar-refractivity contribution in [2.45, 2.75) is 57.8 Å². The second kappa shape index (κ2) is 13.6. The van der Waals surface area contributed by atoms with Crippen LogP contribution in [0.3, 0.4) is 0 Å². The van der Waals surface area contributed by atoms with E-state index in [1.807, 2.05) is 62.4 Å². The molecule has 4 aromatic rings. The van der Waals surface area contributed by atoms with Gasteiger partial charge in [0.2, 0.25) is 11.8 Å². The van der Waals surface area contributed by atoms with Crippen LogP contribution in [0.2, 0.25) is 0 Å². The SMILES string of the molecule is CC(C)C[C@@H]1C(=O)NC(C2Cc3ccccc3C2)C(=O)N1[C@@H](C(=O)Nc1ccccc1OCc1ccccc1)c1ccc(F)cc1. The van der Waals surface area contributed by atoms with Crippen LogP contribution in [0.4, 0.5) is 10.1 Å². The molecule has 0 radical (unpaired) electrons. The first kappa shape index (κ1) is 31.0. The molecule has 0 bridgehead atoms. The van der Waals surface area contributed by atoms with Gasteiger partial charge in [0.25, 0.3) is 5.91 Å². The highest BCUT2D eigenvalue weighted by Crippen LogP contribution is 2.36. The highest BCUT2D eigenvalue weighted by molar-refractivity contribution is 6.03. The van der Waals surface area contributed by atoms with Gasteiger partial charge in [0, 0.05) is 0 Å². The summed E-state index contributed by atoms with van der Waals surface area (Å²) in [5.41, 5.74) is 4.12. The van der Waals surface area contributed by atoms with Crippen molar-refractivity contribution in [3.63, 3.8) is 0 Å². The van der Waals surface area contributed by atoms with E-state index in [-0.39, 0.29) is 23.7 Å². The van der Waals surface area contributed by atoms with Gasteiger partial charge in [-0.1, -0.05) is 92.7 Å². The van der Waals surface area contributed by atoms with Crippen molar-refractivity contribution in [1.82, 2.24) is 10.2 Å². The zero-order chi connectivity index (χ0) is 32.2. The number of nitrogens with one attached hydrogen (secondary N) is 2. The topological polar surface area (TPSA) is 87.7 Å². The van der Waals surface area contributed by atoms with Crippen molar-refractivity contribution in [1.29, 1.82) is 0 Å². The number of anilines is 1. The van der Waals surface area contributed by atoms with Crippen molar-refractivity contribution in [3.8, 4) is 5.75 Å². The number of hydrogen-bond donors (Lipinski definition) is 2. The molecule has 3 amide bonds. The van der Waals surface area contributed by atoms with Crippen LogP contribution in [-0.4, -0.2) is 34.7 Å². The number of para-hydroxylation sites is 2. The zero-order valence-electron chi connectivity index (χ0n) is 26.0. The Balaban J connectivity index is 1.35. The standard InChI is InChI=1S/C38H38FN3O4/c1-24(2)20-32-36(43)41-34(29-21-27-12-6-7-13-28(27)22-29)38(45)42(32)35(26-16-18-30(39)19-17-26)37(44)40-31-14-8-9-15-33(31)46-23-25-10-4-3-5-11-25/h3-19,24,29,32,34-35H,20-23H2,1-2H3,(H,40,44)(H,41,43)/t32-,34?,35-/m1/s1. The van der Waals surface area contributed by atoms with Gasteiger partial charge in [0.1, 0.15) is 36.3 Å². The van der Waals surface area contributed by atoms with Gasteiger partial charge in [-0.25, -0.2) is 4.39 Å². The van der Waals surface area contributed by atoms with Crippen molar-refractivity contribution in [3.05, 3.63) is 131 Å². The summed E-state index contributed by atoms with van der Waals surface area (Å²) in [5.74, 6) is -1.23. The molecule has 1 aliphatic heterocycles.